The number of hydrogen-bond acceptors (Lipinski definition) is 2. The maximum atomic E-state index is 5.86. The Morgan fingerprint density at radius 2 is 2.12 bits per heavy atom. The molecule has 0 amide bonds. The van der Waals surface area contributed by atoms with E-state index in [1.807, 2.05) is 30.3 Å². The Morgan fingerprint density at radius 3 is 3.00 bits per heavy atom. The molecule has 1 aromatic rings. The summed E-state index contributed by atoms with van der Waals surface area (Å²) in [4.78, 5) is 0. The van der Waals surface area contributed by atoms with Crippen LogP contribution in [-0.4, -0.2) is 12.9 Å². The van der Waals surface area contributed by atoms with Crippen LogP contribution in [0.3, 0.4) is 0 Å². The third kappa shape index (κ3) is 3.90. The van der Waals surface area contributed by atoms with Crippen LogP contribution in [0.4, 0.5) is 0 Å². The molecule has 1 aliphatic heterocycles. The molecule has 0 bridgehead atoms. The summed E-state index contributed by atoms with van der Waals surface area (Å²) in [5.41, 5.74) is 1.08. The topological polar surface area (TPSA) is 18.5 Å². The van der Waals surface area contributed by atoms with Crippen molar-refractivity contribution in [2.75, 3.05) is 6.61 Å². The van der Waals surface area contributed by atoms with E-state index < -0.39 is 0 Å². The van der Waals surface area contributed by atoms with Gasteiger partial charge in [-0.15, -0.1) is 0 Å². The summed E-state index contributed by atoms with van der Waals surface area (Å²) in [6.07, 6.45) is 7.62. The van der Waals surface area contributed by atoms with Gasteiger partial charge in [0.2, 0.25) is 0 Å². The maximum absolute atomic E-state index is 5.86. The van der Waals surface area contributed by atoms with Crippen LogP contribution in [-0.2, 0) is 4.74 Å². The van der Waals surface area contributed by atoms with Gasteiger partial charge in [-0.25, -0.2) is 0 Å². The predicted molar refractivity (Wildman–Crippen MR) is 70.0 cm³/mol. The lowest BCUT2D eigenvalue weighted by Crippen LogP contribution is -2.22. The summed E-state index contributed by atoms with van der Waals surface area (Å²) in [7, 11) is 0. The molecule has 1 atom stereocenters. The highest BCUT2D eigenvalue weighted by atomic mass is 16.7. The molecule has 92 valence electrons. The molecule has 0 radical (unpaired) electrons. The smallest absolute Gasteiger partial charge is 0.199 e. The van der Waals surface area contributed by atoms with Crippen molar-refractivity contribution in [2.45, 2.75) is 38.4 Å². The van der Waals surface area contributed by atoms with E-state index in [0.29, 0.717) is 0 Å². The fourth-order valence-electron chi connectivity index (χ4n) is 2.02. The van der Waals surface area contributed by atoms with Crippen LogP contribution in [0, 0.1) is 0 Å². The molecular formula is C15H20O2. The van der Waals surface area contributed by atoms with E-state index in [2.05, 4.69) is 6.58 Å². The van der Waals surface area contributed by atoms with E-state index in [1.165, 1.54) is 19.3 Å². The van der Waals surface area contributed by atoms with Crippen LogP contribution in [0.25, 0.3) is 6.08 Å². The van der Waals surface area contributed by atoms with Crippen LogP contribution in [0.2, 0.25) is 0 Å². The molecule has 1 heterocycles. The van der Waals surface area contributed by atoms with Crippen LogP contribution < -0.4 is 4.74 Å². The number of hydrogen-bond donors (Lipinski definition) is 0. The molecular weight excluding hydrogens is 212 g/mol. The summed E-state index contributed by atoms with van der Waals surface area (Å²) >= 11 is 0. The lowest BCUT2D eigenvalue weighted by atomic mass is 10.1. The normalized spacial score (nSPS) is 21.3. The minimum absolute atomic E-state index is 0.0876. The van der Waals surface area contributed by atoms with Gasteiger partial charge in [0, 0.05) is 6.42 Å². The van der Waals surface area contributed by atoms with Crippen molar-refractivity contribution >= 4 is 6.08 Å². The lowest BCUT2D eigenvalue weighted by Gasteiger charge is -2.21. The zero-order valence-corrected chi connectivity index (χ0v) is 10.2. The first-order valence-corrected chi connectivity index (χ1v) is 6.39. The SMILES string of the molecule is C=Cc1cccc(OC2CCCCCCO2)c1. The third-order valence-corrected chi connectivity index (χ3v) is 3.00. The molecule has 0 spiro atoms. The van der Waals surface area contributed by atoms with Gasteiger partial charge < -0.3 is 9.47 Å². The molecule has 17 heavy (non-hydrogen) atoms. The van der Waals surface area contributed by atoms with Gasteiger partial charge in [0.05, 0.1) is 6.61 Å². The van der Waals surface area contributed by atoms with Gasteiger partial charge >= 0.3 is 0 Å². The molecule has 1 aliphatic rings. The minimum atomic E-state index is -0.0876. The second kappa shape index (κ2) is 6.45. The van der Waals surface area contributed by atoms with Gasteiger partial charge in [-0.3, -0.25) is 0 Å². The molecule has 0 N–H and O–H groups in total. The van der Waals surface area contributed by atoms with E-state index in [9.17, 15) is 0 Å². The summed E-state index contributed by atoms with van der Waals surface area (Å²) in [6.45, 7) is 4.57. The summed E-state index contributed by atoms with van der Waals surface area (Å²) in [5.74, 6) is 0.868. The Kier molecular flexibility index (Phi) is 4.63. The fraction of sp³-hybridized carbons (Fsp3) is 0.467. The van der Waals surface area contributed by atoms with Gasteiger partial charge in [-0.05, 0) is 30.5 Å². The lowest BCUT2D eigenvalue weighted by molar-refractivity contribution is -0.0909. The first-order chi connectivity index (χ1) is 8.38. The van der Waals surface area contributed by atoms with Crippen LogP contribution in [0.5, 0.6) is 5.75 Å². The molecule has 1 saturated heterocycles. The zero-order chi connectivity index (χ0) is 11.9. The van der Waals surface area contributed by atoms with E-state index in [4.69, 9.17) is 9.47 Å². The first kappa shape index (κ1) is 12.2. The highest BCUT2D eigenvalue weighted by Gasteiger charge is 2.12. The predicted octanol–water partition coefficient (Wildman–Crippen LogP) is 4.02. The van der Waals surface area contributed by atoms with Crippen molar-refractivity contribution < 1.29 is 9.47 Å². The zero-order valence-electron chi connectivity index (χ0n) is 10.2. The average Bonchev–Trinajstić information content (AvgIpc) is 2.33. The molecule has 1 fully saturated rings. The van der Waals surface area contributed by atoms with Gasteiger partial charge in [0.25, 0.3) is 0 Å². The van der Waals surface area contributed by atoms with Crippen molar-refractivity contribution in [2.24, 2.45) is 0 Å². The third-order valence-electron chi connectivity index (χ3n) is 3.00. The van der Waals surface area contributed by atoms with Crippen molar-refractivity contribution in [3.8, 4) is 5.75 Å². The van der Waals surface area contributed by atoms with Crippen molar-refractivity contribution in [1.29, 1.82) is 0 Å². The maximum Gasteiger partial charge on any atom is 0.199 e. The van der Waals surface area contributed by atoms with Gasteiger partial charge in [0.1, 0.15) is 5.75 Å². The average molecular weight is 232 g/mol. The second-order valence-electron chi connectivity index (χ2n) is 4.40. The first-order valence-electron chi connectivity index (χ1n) is 6.39. The highest BCUT2D eigenvalue weighted by molar-refractivity contribution is 5.49. The molecule has 0 saturated carbocycles. The van der Waals surface area contributed by atoms with Gasteiger partial charge in [-0.2, -0.15) is 0 Å². The van der Waals surface area contributed by atoms with Crippen molar-refractivity contribution in [3.63, 3.8) is 0 Å². The number of benzene rings is 1. The highest BCUT2D eigenvalue weighted by Crippen LogP contribution is 2.20. The number of ether oxygens (including phenoxy) is 2. The molecule has 1 aromatic carbocycles. The van der Waals surface area contributed by atoms with Crippen LogP contribution in [0.15, 0.2) is 30.8 Å². The number of rotatable bonds is 3. The summed E-state index contributed by atoms with van der Waals surface area (Å²) in [6, 6.07) is 7.96. The van der Waals surface area contributed by atoms with Gasteiger partial charge in [0.15, 0.2) is 6.29 Å². The standard InChI is InChI=1S/C15H20O2/c1-2-13-8-7-9-14(12-13)17-15-10-5-3-4-6-11-16-15/h2,7-9,12,15H,1,3-6,10-11H2. The van der Waals surface area contributed by atoms with Crippen molar-refractivity contribution in [1.82, 2.24) is 0 Å². The van der Waals surface area contributed by atoms with Crippen LogP contribution >= 0.6 is 0 Å². The molecule has 0 aromatic heterocycles. The second-order valence-corrected chi connectivity index (χ2v) is 4.40. The Labute approximate surface area is 103 Å². The van der Waals surface area contributed by atoms with E-state index in [-0.39, 0.29) is 6.29 Å². The van der Waals surface area contributed by atoms with Crippen LogP contribution in [0.1, 0.15) is 37.7 Å². The summed E-state index contributed by atoms with van der Waals surface area (Å²) < 4.78 is 11.6. The van der Waals surface area contributed by atoms with Crippen molar-refractivity contribution in [3.05, 3.63) is 36.4 Å². The Bertz CT molecular complexity index is 352. The minimum Gasteiger partial charge on any atom is -0.465 e. The fourth-order valence-corrected chi connectivity index (χ4v) is 2.02. The Balaban J connectivity index is 1.95. The molecule has 2 nitrogen and oxygen atoms in total. The molecule has 2 rings (SSSR count). The largest absolute Gasteiger partial charge is 0.465 e. The quantitative estimate of drug-likeness (QED) is 0.783. The van der Waals surface area contributed by atoms with Gasteiger partial charge in [-0.1, -0.05) is 37.6 Å². The molecule has 2 heteroatoms. The Hall–Kier alpha value is -1.28. The van der Waals surface area contributed by atoms with E-state index in [1.54, 1.807) is 0 Å². The van der Waals surface area contributed by atoms with E-state index in [0.717, 1.165) is 30.8 Å². The monoisotopic (exact) mass is 232 g/mol. The van der Waals surface area contributed by atoms with E-state index >= 15 is 0 Å². The Morgan fingerprint density at radius 1 is 1.24 bits per heavy atom. The molecule has 0 aliphatic carbocycles. The summed E-state index contributed by atoms with van der Waals surface area (Å²) in [5, 5.41) is 0. The molecule has 1 unspecified atom stereocenters.